The summed E-state index contributed by atoms with van der Waals surface area (Å²) in [4.78, 5) is 26.1. The van der Waals surface area contributed by atoms with Crippen LogP contribution in [0.15, 0.2) is 59.1 Å². The predicted molar refractivity (Wildman–Crippen MR) is 116 cm³/mol. The summed E-state index contributed by atoms with van der Waals surface area (Å²) in [7, 11) is 1.58. The van der Waals surface area contributed by atoms with Crippen molar-refractivity contribution in [3.8, 4) is 11.5 Å². The van der Waals surface area contributed by atoms with Gasteiger partial charge in [0.05, 0.1) is 19.3 Å². The minimum absolute atomic E-state index is 0.0851. The van der Waals surface area contributed by atoms with Gasteiger partial charge in [0.1, 0.15) is 24.1 Å². The summed E-state index contributed by atoms with van der Waals surface area (Å²) in [6, 6.07) is 15.9. The summed E-state index contributed by atoms with van der Waals surface area (Å²) in [6.07, 6.45) is -1.28. The van der Waals surface area contributed by atoms with Crippen molar-refractivity contribution >= 4 is 44.4 Å². The third-order valence-corrected chi connectivity index (χ3v) is 5.50. The van der Waals surface area contributed by atoms with Crippen LogP contribution in [0.1, 0.15) is 5.56 Å². The molecule has 0 radical (unpaired) electrons. The van der Waals surface area contributed by atoms with Gasteiger partial charge in [0.2, 0.25) is 0 Å². The number of nitrogens with one attached hydrogen (secondary N) is 1. The zero-order valence-electron chi connectivity index (χ0n) is 16.1. The molecular weight excluding hydrogens is 452 g/mol. The van der Waals surface area contributed by atoms with Crippen LogP contribution in [0, 0.1) is 0 Å². The number of fused-ring (bicyclic) bond motifs is 2. The highest BCUT2D eigenvalue weighted by molar-refractivity contribution is 9.10. The van der Waals surface area contributed by atoms with Crippen LogP contribution in [0.2, 0.25) is 0 Å². The third kappa shape index (κ3) is 3.78. The second-order valence-corrected chi connectivity index (χ2v) is 7.73. The molecular formula is C22H19BrN2O5. The lowest BCUT2D eigenvalue weighted by atomic mass is 10.0. The Morgan fingerprint density at radius 2 is 2.07 bits per heavy atom. The Morgan fingerprint density at radius 3 is 2.83 bits per heavy atom. The average molecular weight is 471 g/mol. The molecule has 3 aromatic carbocycles. The SMILES string of the molecule is COc1ccc2cc(Br)ccc2c1CN1C(=O)C(NC(=O)O)COc2ccccc21. The van der Waals surface area contributed by atoms with Gasteiger partial charge in [-0.2, -0.15) is 0 Å². The number of halogens is 1. The number of rotatable bonds is 4. The van der Waals surface area contributed by atoms with E-state index in [0.717, 1.165) is 20.8 Å². The number of amides is 2. The number of anilines is 1. The first-order valence-electron chi connectivity index (χ1n) is 9.25. The number of carboxylic acid groups (broad SMARTS) is 1. The smallest absolute Gasteiger partial charge is 0.405 e. The van der Waals surface area contributed by atoms with E-state index in [-0.39, 0.29) is 13.2 Å². The molecule has 4 rings (SSSR count). The molecule has 1 unspecified atom stereocenters. The van der Waals surface area contributed by atoms with Crippen molar-refractivity contribution in [2.24, 2.45) is 0 Å². The van der Waals surface area contributed by atoms with E-state index >= 15 is 0 Å². The van der Waals surface area contributed by atoms with Crippen LogP contribution in [0.5, 0.6) is 11.5 Å². The molecule has 0 bridgehead atoms. The van der Waals surface area contributed by atoms with Crippen molar-refractivity contribution in [2.45, 2.75) is 12.6 Å². The normalized spacial score (nSPS) is 15.9. The van der Waals surface area contributed by atoms with Gasteiger partial charge < -0.3 is 24.8 Å². The van der Waals surface area contributed by atoms with Gasteiger partial charge in [0, 0.05) is 10.0 Å². The van der Waals surface area contributed by atoms with Crippen molar-refractivity contribution in [1.29, 1.82) is 0 Å². The predicted octanol–water partition coefficient (Wildman–Crippen LogP) is 4.17. The maximum absolute atomic E-state index is 13.3. The Labute approximate surface area is 181 Å². The van der Waals surface area contributed by atoms with E-state index in [1.807, 2.05) is 42.5 Å². The Kier molecular flexibility index (Phi) is 5.50. The second-order valence-electron chi connectivity index (χ2n) is 6.82. The molecule has 30 heavy (non-hydrogen) atoms. The fourth-order valence-corrected chi connectivity index (χ4v) is 4.01. The number of benzene rings is 3. The fraction of sp³-hybridized carbons (Fsp3) is 0.182. The Balaban J connectivity index is 1.83. The quantitative estimate of drug-likeness (QED) is 0.597. The molecule has 0 saturated heterocycles. The minimum Gasteiger partial charge on any atom is -0.496 e. The maximum Gasteiger partial charge on any atom is 0.405 e. The van der Waals surface area contributed by atoms with Gasteiger partial charge >= 0.3 is 6.09 Å². The molecule has 0 saturated carbocycles. The summed E-state index contributed by atoms with van der Waals surface area (Å²) >= 11 is 3.49. The average Bonchev–Trinajstić information content (AvgIpc) is 2.85. The number of ether oxygens (including phenoxy) is 2. The van der Waals surface area contributed by atoms with E-state index in [0.29, 0.717) is 17.2 Å². The molecule has 0 spiro atoms. The van der Waals surface area contributed by atoms with E-state index in [9.17, 15) is 9.59 Å². The molecule has 7 nitrogen and oxygen atoms in total. The first-order chi connectivity index (χ1) is 14.5. The van der Waals surface area contributed by atoms with Crippen molar-refractivity contribution in [1.82, 2.24) is 5.32 Å². The van der Waals surface area contributed by atoms with Crippen LogP contribution in [0.25, 0.3) is 10.8 Å². The molecule has 0 aromatic heterocycles. The highest BCUT2D eigenvalue weighted by atomic mass is 79.9. The van der Waals surface area contributed by atoms with Gasteiger partial charge in [-0.05, 0) is 41.1 Å². The number of carbonyl (C=O) groups excluding carboxylic acids is 1. The van der Waals surface area contributed by atoms with Gasteiger partial charge in [0.15, 0.2) is 0 Å². The largest absolute Gasteiger partial charge is 0.496 e. The number of carbonyl (C=O) groups is 2. The molecule has 2 N–H and O–H groups in total. The summed E-state index contributed by atoms with van der Waals surface area (Å²) in [6.45, 7) is 0.109. The molecule has 3 aromatic rings. The van der Waals surface area contributed by atoms with Gasteiger partial charge in [-0.25, -0.2) is 4.79 Å². The van der Waals surface area contributed by atoms with Gasteiger partial charge in [0.25, 0.3) is 5.91 Å². The van der Waals surface area contributed by atoms with Crippen LogP contribution >= 0.6 is 15.9 Å². The molecule has 8 heteroatoms. The number of para-hydroxylation sites is 2. The number of hydrogen-bond acceptors (Lipinski definition) is 4. The summed E-state index contributed by atoms with van der Waals surface area (Å²) in [5.41, 5.74) is 1.40. The van der Waals surface area contributed by atoms with E-state index in [1.54, 1.807) is 24.1 Å². The zero-order valence-corrected chi connectivity index (χ0v) is 17.7. The monoisotopic (exact) mass is 470 g/mol. The molecule has 1 aliphatic heterocycles. The summed E-state index contributed by atoms with van der Waals surface area (Å²) in [5, 5.41) is 13.3. The number of nitrogens with zero attached hydrogens (tertiary/aromatic N) is 1. The van der Waals surface area contributed by atoms with Crippen LogP contribution in [0.3, 0.4) is 0 Å². The number of hydrogen-bond donors (Lipinski definition) is 2. The van der Waals surface area contributed by atoms with E-state index < -0.39 is 18.0 Å². The van der Waals surface area contributed by atoms with Crippen molar-refractivity contribution in [2.75, 3.05) is 18.6 Å². The highest BCUT2D eigenvalue weighted by Crippen LogP contribution is 2.36. The molecule has 1 heterocycles. The van der Waals surface area contributed by atoms with Gasteiger partial charge in [-0.3, -0.25) is 4.79 Å². The fourth-order valence-electron chi connectivity index (χ4n) is 3.63. The lowest BCUT2D eigenvalue weighted by Crippen LogP contribution is -2.49. The lowest BCUT2D eigenvalue weighted by Gasteiger charge is -2.26. The van der Waals surface area contributed by atoms with Gasteiger partial charge in [-0.15, -0.1) is 0 Å². The van der Waals surface area contributed by atoms with Crippen molar-refractivity contribution < 1.29 is 24.2 Å². The van der Waals surface area contributed by atoms with E-state index in [4.69, 9.17) is 14.6 Å². The second kappa shape index (κ2) is 8.23. The molecule has 0 fully saturated rings. The van der Waals surface area contributed by atoms with Crippen molar-refractivity contribution in [3.63, 3.8) is 0 Å². The van der Waals surface area contributed by atoms with Gasteiger partial charge in [-0.1, -0.05) is 40.2 Å². The molecule has 154 valence electrons. The van der Waals surface area contributed by atoms with Crippen LogP contribution < -0.4 is 19.7 Å². The molecule has 2 amide bonds. The molecule has 1 aliphatic rings. The highest BCUT2D eigenvalue weighted by Gasteiger charge is 2.33. The molecule has 0 aliphatic carbocycles. The van der Waals surface area contributed by atoms with Crippen molar-refractivity contribution in [3.05, 3.63) is 64.6 Å². The topological polar surface area (TPSA) is 88.1 Å². The first-order valence-corrected chi connectivity index (χ1v) is 10.0. The summed E-state index contributed by atoms with van der Waals surface area (Å²) < 4.78 is 12.3. The Morgan fingerprint density at radius 1 is 1.27 bits per heavy atom. The standard InChI is InChI=1S/C22H19BrN2O5/c1-29-19-9-6-13-10-14(23)7-8-15(13)16(19)11-25-18-4-2-3-5-20(18)30-12-17(21(25)26)24-22(27)28/h2-10,17,24H,11-12H2,1H3,(H,27,28). The maximum atomic E-state index is 13.3. The van der Waals surface area contributed by atoms with E-state index in [2.05, 4.69) is 21.2 Å². The van der Waals surface area contributed by atoms with Crippen LogP contribution in [0.4, 0.5) is 10.5 Å². The first kappa shape index (κ1) is 20.0. The molecule has 1 atom stereocenters. The lowest BCUT2D eigenvalue weighted by molar-refractivity contribution is -0.121. The van der Waals surface area contributed by atoms with E-state index in [1.165, 1.54) is 0 Å². The third-order valence-electron chi connectivity index (χ3n) is 5.01. The number of methoxy groups -OCH3 is 1. The minimum atomic E-state index is -1.28. The van der Waals surface area contributed by atoms with Crippen LogP contribution in [-0.4, -0.2) is 36.9 Å². The Hall–Kier alpha value is -3.26. The zero-order chi connectivity index (χ0) is 21.3. The van der Waals surface area contributed by atoms with Crippen LogP contribution in [-0.2, 0) is 11.3 Å². The Bertz CT molecular complexity index is 1130. The summed E-state index contributed by atoms with van der Waals surface area (Å²) in [5.74, 6) is 0.768.